The predicted octanol–water partition coefficient (Wildman–Crippen LogP) is 5.70. The molecule has 1 unspecified atom stereocenters. The van der Waals surface area contributed by atoms with Gasteiger partial charge in [0, 0.05) is 11.5 Å². The fraction of sp³-hybridized carbons (Fsp3) is 0.333. The summed E-state index contributed by atoms with van der Waals surface area (Å²) in [7, 11) is 0. The van der Waals surface area contributed by atoms with E-state index in [1.807, 2.05) is 18.2 Å². The van der Waals surface area contributed by atoms with E-state index in [9.17, 15) is 10.2 Å². The molecule has 118 valence electrons. The second kappa shape index (κ2) is 7.26. The van der Waals surface area contributed by atoms with Gasteiger partial charge < -0.3 is 10.2 Å². The number of unbranched alkanes of at least 4 members (excludes halogenated alkanes) is 1. The fourth-order valence-corrected chi connectivity index (χ4v) is 3.41. The summed E-state index contributed by atoms with van der Waals surface area (Å²) in [5.74, 6) is 0.118. The summed E-state index contributed by atoms with van der Waals surface area (Å²) < 4.78 is -1.24. The van der Waals surface area contributed by atoms with Crippen molar-refractivity contribution < 1.29 is 10.2 Å². The average Bonchev–Trinajstić information content (AvgIpc) is 2.49. The molecule has 0 heterocycles. The van der Waals surface area contributed by atoms with Crippen LogP contribution in [0.5, 0.6) is 11.5 Å². The van der Waals surface area contributed by atoms with Gasteiger partial charge in [-0.15, -0.1) is 0 Å². The first-order chi connectivity index (χ1) is 10.5. The van der Waals surface area contributed by atoms with Crippen LogP contribution < -0.4 is 0 Å². The molecule has 22 heavy (non-hydrogen) atoms. The van der Waals surface area contributed by atoms with E-state index >= 15 is 0 Å². The number of benzene rings is 2. The highest BCUT2D eigenvalue weighted by Gasteiger charge is 2.39. The highest BCUT2D eigenvalue weighted by Crippen LogP contribution is 2.51. The Morgan fingerprint density at radius 1 is 1.00 bits per heavy atom. The predicted molar refractivity (Wildman–Crippen MR) is 91.9 cm³/mol. The molecule has 2 aromatic rings. The number of halogens is 2. The maximum atomic E-state index is 10.1. The molecule has 0 bridgehead atoms. The zero-order valence-electron chi connectivity index (χ0n) is 12.5. The smallest absolute Gasteiger partial charge is 0.153 e. The van der Waals surface area contributed by atoms with E-state index in [0.29, 0.717) is 5.56 Å². The first kappa shape index (κ1) is 17.0. The van der Waals surface area contributed by atoms with E-state index in [0.717, 1.165) is 24.8 Å². The summed E-state index contributed by atoms with van der Waals surface area (Å²) in [6, 6.07) is 13.8. The Kier molecular flexibility index (Phi) is 5.60. The highest BCUT2D eigenvalue weighted by molar-refractivity contribution is 6.48. The van der Waals surface area contributed by atoms with Crippen molar-refractivity contribution in [2.24, 2.45) is 0 Å². The molecule has 2 rings (SSSR count). The van der Waals surface area contributed by atoms with Gasteiger partial charge >= 0.3 is 0 Å². The molecule has 2 nitrogen and oxygen atoms in total. The Balaban J connectivity index is 2.43. The van der Waals surface area contributed by atoms with Crippen molar-refractivity contribution in [3.8, 4) is 11.5 Å². The van der Waals surface area contributed by atoms with Gasteiger partial charge in [0.05, 0.1) is 0 Å². The molecular weight excluding hydrogens is 319 g/mol. The summed E-state index contributed by atoms with van der Waals surface area (Å²) in [6.07, 6.45) is 2.79. The standard InChI is InChI=1S/C18H20Cl2O2/c1-2-3-6-15(13-9-11-14(21)12-10-13)18(19,20)16-7-4-5-8-17(16)22/h4-5,7-12,15,21-22H,2-3,6H2,1H3. The van der Waals surface area contributed by atoms with Crippen LogP contribution in [0.4, 0.5) is 0 Å². The van der Waals surface area contributed by atoms with Crippen molar-refractivity contribution in [1.82, 2.24) is 0 Å². The maximum Gasteiger partial charge on any atom is 0.153 e. The second-order valence-electron chi connectivity index (χ2n) is 5.43. The van der Waals surface area contributed by atoms with Gasteiger partial charge in [-0.25, -0.2) is 0 Å². The number of phenols is 2. The molecule has 0 aliphatic heterocycles. The van der Waals surface area contributed by atoms with Gasteiger partial charge in [0.25, 0.3) is 0 Å². The van der Waals surface area contributed by atoms with Crippen LogP contribution in [0.1, 0.15) is 43.2 Å². The van der Waals surface area contributed by atoms with E-state index in [-0.39, 0.29) is 17.4 Å². The average molecular weight is 339 g/mol. The van der Waals surface area contributed by atoms with Crippen LogP contribution in [0.15, 0.2) is 48.5 Å². The van der Waals surface area contributed by atoms with E-state index in [1.165, 1.54) is 0 Å². The van der Waals surface area contributed by atoms with Crippen LogP contribution in [0, 0.1) is 0 Å². The van der Waals surface area contributed by atoms with E-state index in [4.69, 9.17) is 23.2 Å². The van der Waals surface area contributed by atoms with Crippen molar-refractivity contribution in [2.75, 3.05) is 0 Å². The number of aromatic hydroxyl groups is 2. The van der Waals surface area contributed by atoms with Crippen molar-refractivity contribution in [2.45, 2.75) is 36.4 Å². The Bertz CT molecular complexity index is 609. The number of phenolic OH excluding ortho intramolecular Hbond substituents is 2. The zero-order valence-corrected chi connectivity index (χ0v) is 14.0. The fourth-order valence-electron chi connectivity index (χ4n) is 2.62. The van der Waals surface area contributed by atoms with Crippen molar-refractivity contribution >= 4 is 23.2 Å². The maximum absolute atomic E-state index is 10.1. The van der Waals surface area contributed by atoms with Crippen LogP contribution in [0.25, 0.3) is 0 Å². The third-order valence-corrected chi connectivity index (χ3v) is 4.78. The minimum Gasteiger partial charge on any atom is -0.508 e. The third kappa shape index (κ3) is 3.68. The molecular formula is C18H20Cl2O2. The summed E-state index contributed by atoms with van der Waals surface area (Å²) in [6.45, 7) is 2.11. The highest BCUT2D eigenvalue weighted by atomic mass is 35.5. The first-order valence-electron chi connectivity index (χ1n) is 7.42. The summed E-state index contributed by atoms with van der Waals surface area (Å²) >= 11 is 13.4. The van der Waals surface area contributed by atoms with Gasteiger partial charge in [-0.05, 0) is 30.2 Å². The molecule has 0 radical (unpaired) electrons. The molecule has 2 N–H and O–H groups in total. The molecule has 0 amide bonds. The lowest BCUT2D eigenvalue weighted by Gasteiger charge is -2.31. The molecule has 0 aromatic heterocycles. The van der Waals surface area contributed by atoms with Crippen molar-refractivity contribution in [3.05, 3.63) is 59.7 Å². The van der Waals surface area contributed by atoms with Crippen molar-refractivity contribution in [1.29, 1.82) is 0 Å². The van der Waals surface area contributed by atoms with Gasteiger partial charge in [-0.1, -0.05) is 73.3 Å². The molecule has 2 aromatic carbocycles. The van der Waals surface area contributed by atoms with E-state index in [1.54, 1.807) is 30.3 Å². The lowest BCUT2D eigenvalue weighted by molar-refractivity contribution is 0.451. The molecule has 0 spiro atoms. The van der Waals surface area contributed by atoms with Gasteiger partial charge in [0.15, 0.2) is 4.33 Å². The number of alkyl halides is 2. The zero-order chi connectivity index (χ0) is 16.2. The topological polar surface area (TPSA) is 40.5 Å². The Morgan fingerprint density at radius 2 is 1.64 bits per heavy atom. The number of hydrogen-bond donors (Lipinski definition) is 2. The molecule has 0 saturated carbocycles. The largest absolute Gasteiger partial charge is 0.508 e. The number of para-hydroxylation sites is 1. The van der Waals surface area contributed by atoms with Gasteiger partial charge in [-0.3, -0.25) is 0 Å². The molecule has 4 heteroatoms. The molecule has 0 saturated heterocycles. The van der Waals surface area contributed by atoms with Crippen LogP contribution >= 0.6 is 23.2 Å². The Labute approximate surface area is 141 Å². The summed E-state index contributed by atoms with van der Waals surface area (Å²) in [5, 5.41) is 19.6. The van der Waals surface area contributed by atoms with Crippen LogP contribution in [-0.2, 0) is 4.33 Å². The Morgan fingerprint density at radius 3 is 2.23 bits per heavy atom. The number of rotatable bonds is 6. The summed E-state index contributed by atoms with van der Waals surface area (Å²) in [4.78, 5) is 0. The minimum absolute atomic E-state index is 0.0905. The Hall–Kier alpha value is -1.38. The normalized spacial score (nSPS) is 13.0. The molecule has 1 atom stereocenters. The monoisotopic (exact) mass is 338 g/mol. The van der Waals surface area contributed by atoms with E-state index in [2.05, 4.69) is 6.92 Å². The van der Waals surface area contributed by atoms with Gasteiger partial charge in [-0.2, -0.15) is 0 Å². The second-order valence-corrected chi connectivity index (χ2v) is 6.81. The van der Waals surface area contributed by atoms with Gasteiger partial charge in [0.1, 0.15) is 11.5 Å². The van der Waals surface area contributed by atoms with Crippen LogP contribution in [-0.4, -0.2) is 10.2 Å². The van der Waals surface area contributed by atoms with Crippen LogP contribution in [0.3, 0.4) is 0 Å². The lowest BCUT2D eigenvalue weighted by atomic mass is 9.86. The molecule has 0 aliphatic rings. The third-order valence-electron chi connectivity index (χ3n) is 3.84. The van der Waals surface area contributed by atoms with E-state index < -0.39 is 4.33 Å². The quantitative estimate of drug-likeness (QED) is 0.663. The molecule has 0 fully saturated rings. The lowest BCUT2D eigenvalue weighted by Crippen LogP contribution is -2.22. The SMILES string of the molecule is CCCCC(c1ccc(O)cc1)C(Cl)(Cl)c1ccccc1O. The number of hydrogen-bond acceptors (Lipinski definition) is 2. The molecule has 0 aliphatic carbocycles. The van der Waals surface area contributed by atoms with Gasteiger partial charge in [0.2, 0.25) is 0 Å². The summed E-state index contributed by atoms with van der Waals surface area (Å²) in [5.41, 5.74) is 1.45. The van der Waals surface area contributed by atoms with Crippen molar-refractivity contribution in [3.63, 3.8) is 0 Å². The first-order valence-corrected chi connectivity index (χ1v) is 8.17. The minimum atomic E-state index is -1.24. The van der Waals surface area contributed by atoms with Crippen LogP contribution in [0.2, 0.25) is 0 Å².